The summed E-state index contributed by atoms with van der Waals surface area (Å²) in [7, 11) is -3.83. The molecule has 0 rings (SSSR count). The molecule has 0 atom stereocenters. The molecule has 0 fully saturated rings. The monoisotopic (exact) mass is 318 g/mol. The summed E-state index contributed by atoms with van der Waals surface area (Å²) in [5.41, 5.74) is 0. The molecule has 0 aromatic rings. The Morgan fingerprint density at radius 2 is 0.688 bits per heavy atom. The van der Waals surface area contributed by atoms with Crippen molar-refractivity contribution in [2.45, 2.75) is 0 Å². The third-order valence-corrected chi connectivity index (χ3v) is 0. The van der Waals surface area contributed by atoms with E-state index in [2.05, 4.69) is 11.2 Å². The third kappa shape index (κ3) is 3630. The van der Waals surface area contributed by atoms with Crippen LogP contribution in [0.1, 0.15) is 1.43 Å². The van der Waals surface area contributed by atoms with E-state index in [9.17, 15) is 0 Å². The Hall–Kier alpha value is 0.890. The normalized spacial score (nSPS) is 3.62. The molecule has 0 aliphatic heterocycles. The van der Waals surface area contributed by atoms with Crippen molar-refractivity contribution in [3.8, 4) is 0 Å². The maximum atomic E-state index is 9.11. The van der Waals surface area contributed by atoms with E-state index >= 15 is 0 Å². The van der Waals surface area contributed by atoms with Gasteiger partial charge < -0.3 is 56.2 Å². The molecule has 0 radical (unpaired) electrons. The van der Waals surface area contributed by atoms with Gasteiger partial charge in [-0.2, -0.15) is 4.21 Å². The molecule has 0 amide bonds. The van der Waals surface area contributed by atoms with Crippen LogP contribution < -0.4 is 29.6 Å². The molecule has 16 heavy (non-hydrogen) atoms. The van der Waals surface area contributed by atoms with E-state index in [1.807, 2.05) is 0 Å². The number of rotatable bonds is 0. The van der Waals surface area contributed by atoms with Crippen LogP contribution in [0.3, 0.4) is 0 Å². The molecule has 0 aromatic heterocycles. The van der Waals surface area contributed by atoms with Crippen molar-refractivity contribution in [3.05, 3.63) is 0 Å². The zero-order chi connectivity index (χ0) is 4.50. The van der Waals surface area contributed by atoms with Crippen molar-refractivity contribution in [1.82, 2.24) is 0 Å². The van der Waals surface area contributed by atoms with Gasteiger partial charge in [0.25, 0.3) is 9.05 Å². The SMILES string of the molecule is O.O.O.O.O.O.O.O.O.O.O=S(O)(O)=S.[H-].[Na+]. The fourth-order valence-corrected chi connectivity index (χ4v) is 0. The molecule has 0 aromatic carbocycles. The van der Waals surface area contributed by atoms with E-state index in [1.165, 1.54) is 0 Å². The molecule has 114 valence electrons. The van der Waals surface area contributed by atoms with Gasteiger partial charge in [-0.25, -0.2) is 0 Å². The molecule has 0 unspecified atom stereocenters. The van der Waals surface area contributed by atoms with Crippen LogP contribution in [0.4, 0.5) is 0 Å². The molecular formula is H23NaO13S2. The van der Waals surface area contributed by atoms with Crippen molar-refractivity contribution in [1.29, 1.82) is 0 Å². The second kappa shape index (κ2) is 74.2. The Kier molecular flexibility index (Phi) is 827. The largest absolute Gasteiger partial charge is 1.00 e. The Labute approximate surface area is 119 Å². The van der Waals surface area contributed by atoms with Crippen LogP contribution in [0.25, 0.3) is 0 Å². The summed E-state index contributed by atoms with van der Waals surface area (Å²) in [6.45, 7) is 0. The van der Waals surface area contributed by atoms with Crippen molar-refractivity contribution in [2.75, 3.05) is 0 Å². The second-order valence-corrected chi connectivity index (χ2v) is 2.65. The standard InChI is InChI=1S/Na.H2O3S2.10H2O.H/c;1-5(2,3)4;;;;;;;;;;;/h;(H2,1,2,3,4);10*1H2;/q+1;;;;;;;;;;;;-1. The minimum atomic E-state index is -3.83. The fraction of sp³-hybridized carbons (Fsp3) is 0. The quantitative estimate of drug-likeness (QED) is 0.410. The predicted octanol–water partition coefficient (Wildman–Crippen LogP) is -11.5. The summed E-state index contributed by atoms with van der Waals surface area (Å²) < 4.78 is 24.0. The van der Waals surface area contributed by atoms with E-state index in [4.69, 9.17) is 13.3 Å². The first-order valence-electron chi connectivity index (χ1n) is 0.698. The van der Waals surface area contributed by atoms with Crippen LogP contribution in [0.15, 0.2) is 0 Å². The van der Waals surface area contributed by atoms with E-state index in [1.54, 1.807) is 0 Å². The van der Waals surface area contributed by atoms with Crippen LogP contribution in [-0.2, 0) is 20.2 Å². The maximum absolute atomic E-state index is 9.11. The van der Waals surface area contributed by atoms with Gasteiger partial charge in [-0.1, -0.05) is 0 Å². The molecule has 0 saturated carbocycles. The maximum Gasteiger partial charge on any atom is 1.00 e. The Balaban J connectivity index is -0.00000000121. The van der Waals surface area contributed by atoms with E-state index in [-0.39, 0.29) is 85.7 Å². The molecule has 16 heteroatoms. The summed E-state index contributed by atoms with van der Waals surface area (Å²) in [5, 5.41) is 0. The minimum absolute atomic E-state index is 0. The Morgan fingerprint density at radius 1 is 0.688 bits per heavy atom. The van der Waals surface area contributed by atoms with Crippen molar-refractivity contribution in [2.24, 2.45) is 0 Å². The van der Waals surface area contributed by atoms with Gasteiger partial charge in [0, 0.05) is 11.2 Å². The molecule has 13 nitrogen and oxygen atoms in total. The van der Waals surface area contributed by atoms with Crippen LogP contribution in [0, 0.1) is 0 Å². The Morgan fingerprint density at radius 3 is 0.688 bits per heavy atom. The average Bonchev–Trinajstić information content (AvgIpc) is 0.722. The summed E-state index contributed by atoms with van der Waals surface area (Å²) in [6.07, 6.45) is 0. The van der Waals surface area contributed by atoms with Gasteiger partial charge in [0.15, 0.2) is 0 Å². The smallest absolute Gasteiger partial charge is 1.00 e. The van der Waals surface area contributed by atoms with Gasteiger partial charge >= 0.3 is 29.6 Å². The minimum Gasteiger partial charge on any atom is -1.00 e. The summed E-state index contributed by atoms with van der Waals surface area (Å²) in [4.78, 5) is 0. The topological polar surface area (TPSA) is 373 Å². The molecule has 0 bridgehead atoms. The molecule has 0 saturated heterocycles. The van der Waals surface area contributed by atoms with Crippen LogP contribution >= 0.6 is 0 Å². The summed E-state index contributed by atoms with van der Waals surface area (Å²) in [5.74, 6) is 0. The van der Waals surface area contributed by atoms with Crippen molar-refractivity contribution >= 4 is 20.2 Å². The first kappa shape index (κ1) is 178. The average molecular weight is 318 g/mol. The second-order valence-electron chi connectivity index (χ2n) is 0.448. The van der Waals surface area contributed by atoms with Gasteiger partial charge in [-0.3, -0.25) is 9.11 Å². The fourth-order valence-electron chi connectivity index (χ4n) is 0. The molecule has 0 spiro atoms. The van der Waals surface area contributed by atoms with Gasteiger partial charge in [-0.05, 0) is 0 Å². The molecule has 22 N–H and O–H groups in total. The Bertz CT molecular complexity index is 103. The first-order chi connectivity index (χ1) is 2.00. The number of hydrogen-bond donors (Lipinski definition) is 2. The van der Waals surface area contributed by atoms with Gasteiger partial charge in [0.2, 0.25) is 0 Å². The first-order valence-corrected chi connectivity index (χ1v) is 3.10. The number of hydrogen-bond acceptors (Lipinski definition) is 2. The van der Waals surface area contributed by atoms with Crippen LogP contribution in [0.5, 0.6) is 0 Å². The van der Waals surface area contributed by atoms with E-state index < -0.39 is 9.05 Å². The van der Waals surface area contributed by atoms with Crippen molar-refractivity contribution in [3.63, 3.8) is 0 Å². The summed E-state index contributed by atoms with van der Waals surface area (Å²) >= 11 is 3.47. The predicted molar refractivity (Wildman–Crippen MR) is 58.0 cm³/mol. The molecule has 0 heterocycles. The van der Waals surface area contributed by atoms with Gasteiger partial charge in [0.05, 0.1) is 0 Å². The van der Waals surface area contributed by atoms with E-state index in [0.717, 1.165) is 0 Å². The van der Waals surface area contributed by atoms with Crippen LogP contribution in [0.2, 0.25) is 0 Å². The van der Waals surface area contributed by atoms with E-state index in [0.29, 0.717) is 0 Å². The zero-order valence-corrected chi connectivity index (χ0v) is 11.8. The molecule has 0 aliphatic carbocycles. The zero-order valence-electron chi connectivity index (χ0n) is 9.12. The van der Waals surface area contributed by atoms with Crippen molar-refractivity contribution < 1.29 is 99.1 Å². The summed E-state index contributed by atoms with van der Waals surface area (Å²) in [6, 6.07) is 0. The third-order valence-electron chi connectivity index (χ3n) is 0. The van der Waals surface area contributed by atoms with Gasteiger partial charge in [-0.15, -0.1) is 0 Å². The van der Waals surface area contributed by atoms with Gasteiger partial charge in [0.1, 0.15) is 0 Å². The van der Waals surface area contributed by atoms with Crippen LogP contribution in [-0.4, -0.2) is 68.1 Å². The molecule has 0 aliphatic rings. The molecular weight excluding hydrogens is 295 g/mol.